The molecule has 32 heavy (non-hydrogen) atoms. The molecule has 1 aliphatic rings. The van der Waals surface area contributed by atoms with Crippen LogP contribution in [0.4, 0.5) is 13.2 Å². The SMILES string of the molecule is CCc1ccc(Br)c2[nH]c(SCc3ccc(SC(F)(F)F)cc3)c(C(=O)C3CC3)c(=O)c12. The zero-order valence-corrected chi connectivity index (χ0v) is 20.2. The molecule has 168 valence electrons. The summed E-state index contributed by atoms with van der Waals surface area (Å²) in [4.78, 5) is 29.9. The number of benzene rings is 2. The van der Waals surface area contributed by atoms with Crippen LogP contribution >= 0.6 is 39.5 Å². The number of H-pyrrole nitrogens is 1. The second-order valence-electron chi connectivity index (χ2n) is 7.59. The molecular weight excluding hydrogens is 523 g/mol. The predicted octanol–water partition coefficient (Wildman–Crippen LogP) is 7.35. The minimum atomic E-state index is -4.33. The molecule has 0 atom stereocenters. The van der Waals surface area contributed by atoms with Gasteiger partial charge in [0.25, 0.3) is 0 Å². The molecule has 1 aromatic heterocycles. The zero-order chi connectivity index (χ0) is 23.0. The first kappa shape index (κ1) is 23.4. The normalized spacial score (nSPS) is 14.2. The highest BCUT2D eigenvalue weighted by atomic mass is 79.9. The molecule has 9 heteroatoms. The summed E-state index contributed by atoms with van der Waals surface area (Å²) in [6.45, 7) is 1.97. The Morgan fingerprint density at radius 1 is 1.16 bits per heavy atom. The van der Waals surface area contributed by atoms with E-state index in [0.29, 0.717) is 28.1 Å². The summed E-state index contributed by atoms with van der Waals surface area (Å²) in [5.74, 6) is 0.174. The summed E-state index contributed by atoms with van der Waals surface area (Å²) in [7, 11) is 0. The molecule has 0 radical (unpaired) electrons. The van der Waals surface area contributed by atoms with Crippen LogP contribution in [-0.2, 0) is 12.2 Å². The fourth-order valence-electron chi connectivity index (χ4n) is 3.53. The lowest BCUT2D eigenvalue weighted by Gasteiger charge is -2.13. The molecule has 3 aromatic rings. The van der Waals surface area contributed by atoms with Crippen LogP contribution in [0.1, 0.15) is 41.3 Å². The number of thioether (sulfide) groups is 2. The molecule has 0 spiro atoms. The highest BCUT2D eigenvalue weighted by Crippen LogP contribution is 2.38. The fourth-order valence-corrected chi connectivity index (χ4v) is 5.51. The minimum absolute atomic E-state index is 0.108. The van der Waals surface area contributed by atoms with Crippen LogP contribution in [-0.4, -0.2) is 16.3 Å². The van der Waals surface area contributed by atoms with Crippen molar-refractivity contribution < 1.29 is 18.0 Å². The summed E-state index contributed by atoms with van der Waals surface area (Å²) in [5.41, 5.74) is -2.06. The van der Waals surface area contributed by atoms with Gasteiger partial charge in [0.05, 0.1) is 21.5 Å². The van der Waals surface area contributed by atoms with E-state index in [1.54, 1.807) is 12.1 Å². The number of aromatic nitrogens is 1. The third kappa shape index (κ3) is 5.10. The Hall–Kier alpha value is -1.71. The first-order valence-corrected chi connectivity index (χ1v) is 12.7. The number of Topliss-reactive ketones (excluding diaryl/α,β-unsaturated/α-hetero) is 1. The second-order valence-corrected chi connectivity index (χ2v) is 10.6. The van der Waals surface area contributed by atoms with Gasteiger partial charge < -0.3 is 4.98 Å². The Bertz CT molecular complexity index is 1240. The van der Waals surface area contributed by atoms with Gasteiger partial charge >= 0.3 is 5.51 Å². The van der Waals surface area contributed by atoms with Crippen molar-refractivity contribution in [3.8, 4) is 0 Å². The molecule has 0 unspecified atom stereocenters. The van der Waals surface area contributed by atoms with Crippen molar-refractivity contribution in [1.29, 1.82) is 0 Å². The number of carbonyl (C=O) groups excluding carboxylic acids is 1. The molecule has 0 aliphatic heterocycles. The molecular formula is C23H19BrF3NO2S2. The number of carbonyl (C=O) groups is 1. The smallest absolute Gasteiger partial charge is 0.348 e. The quantitative estimate of drug-likeness (QED) is 0.251. The van der Waals surface area contributed by atoms with Crippen molar-refractivity contribution in [2.24, 2.45) is 5.92 Å². The molecule has 0 bridgehead atoms. The number of rotatable bonds is 7. The number of hydrogen-bond donors (Lipinski definition) is 1. The van der Waals surface area contributed by atoms with Crippen LogP contribution in [0.5, 0.6) is 0 Å². The first-order chi connectivity index (χ1) is 15.2. The van der Waals surface area contributed by atoms with Gasteiger partial charge in [-0.2, -0.15) is 13.2 Å². The Morgan fingerprint density at radius 2 is 1.84 bits per heavy atom. The summed E-state index contributed by atoms with van der Waals surface area (Å²) >= 11 is 4.66. The van der Waals surface area contributed by atoms with E-state index in [4.69, 9.17) is 0 Å². The van der Waals surface area contributed by atoms with Crippen molar-refractivity contribution in [3.63, 3.8) is 0 Å². The second kappa shape index (κ2) is 9.27. The molecule has 1 aliphatic carbocycles. The van der Waals surface area contributed by atoms with Crippen molar-refractivity contribution in [3.05, 3.63) is 67.8 Å². The number of aryl methyl sites for hydroxylation is 1. The van der Waals surface area contributed by atoms with Crippen LogP contribution in [0.2, 0.25) is 0 Å². The average Bonchev–Trinajstić information content (AvgIpc) is 3.58. The van der Waals surface area contributed by atoms with Gasteiger partial charge in [-0.3, -0.25) is 9.59 Å². The number of nitrogens with one attached hydrogen (secondary N) is 1. The van der Waals surface area contributed by atoms with Crippen LogP contribution in [0.25, 0.3) is 10.9 Å². The molecule has 2 aromatic carbocycles. The van der Waals surface area contributed by atoms with Crippen LogP contribution < -0.4 is 5.43 Å². The zero-order valence-electron chi connectivity index (χ0n) is 17.0. The Balaban J connectivity index is 1.70. The number of aromatic amines is 1. The molecule has 1 N–H and O–H groups in total. The number of hydrogen-bond acceptors (Lipinski definition) is 4. The highest BCUT2D eigenvalue weighted by Gasteiger charge is 2.34. The van der Waals surface area contributed by atoms with Crippen molar-refractivity contribution in [2.45, 2.75) is 47.4 Å². The lowest BCUT2D eigenvalue weighted by molar-refractivity contribution is -0.0328. The number of ketones is 1. The lowest BCUT2D eigenvalue weighted by atomic mass is 10.0. The first-order valence-electron chi connectivity index (χ1n) is 10.1. The summed E-state index contributed by atoms with van der Waals surface area (Å²) in [5, 5.41) is 1.03. The third-order valence-corrected chi connectivity index (χ3v) is 7.75. The topological polar surface area (TPSA) is 49.9 Å². The van der Waals surface area contributed by atoms with Gasteiger partial charge in [0.2, 0.25) is 5.43 Å². The fraction of sp³-hybridized carbons (Fsp3) is 0.304. The third-order valence-electron chi connectivity index (χ3n) is 5.28. The van der Waals surface area contributed by atoms with Crippen LogP contribution in [0, 0.1) is 5.92 Å². The summed E-state index contributed by atoms with van der Waals surface area (Å²) < 4.78 is 38.4. The van der Waals surface area contributed by atoms with Gasteiger partial charge in [0.1, 0.15) is 0 Å². The maximum Gasteiger partial charge on any atom is 0.446 e. The molecule has 3 nitrogen and oxygen atoms in total. The number of halogens is 4. The van der Waals surface area contributed by atoms with Crippen LogP contribution in [0.3, 0.4) is 0 Å². The van der Waals surface area contributed by atoms with E-state index >= 15 is 0 Å². The largest absolute Gasteiger partial charge is 0.446 e. The molecule has 1 saturated carbocycles. The van der Waals surface area contributed by atoms with Gasteiger partial charge in [-0.1, -0.05) is 25.1 Å². The van der Waals surface area contributed by atoms with E-state index in [-0.39, 0.29) is 39.4 Å². The Morgan fingerprint density at radius 3 is 2.44 bits per heavy atom. The average molecular weight is 542 g/mol. The number of fused-ring (bicyclic) bond motifs is 1. The maximum absolute atomic E-state index is 13.5. The summed E-state index contributed by atoms with van der Waals surface area (Å²) in [6.07, 6.45) is 2.24. The van der Waals surface area contributed by atoms with E-state index < -0.39 is 5.51 Å². The van der Waals surface area contributed by atoms with Crippen molar-refractivity contribution in [1.82, 2.24) is 4.98 Å². The summed E-state index contributed by atoms with van der Waals surface area (Å²) in [6, 6.07) is 9.89. The number of pyridine rings is 1. The molecule has 0 amide bonds. The molecule has 0 saturated heterocycles. The molecule has 1 fully saturated rings. The van der Waals surface area contributed by atoms with Crippen molar-refractivity contribution in [2.75, 3.05) is 0 Å². The van der Waals surface area contributed by atoms with E-state index in [1.807, 2.05) is 19.1 Å². The lowest BCUT2D eigenvalue weighted by Crippen LogP contribution is -2.20. The molecule has 4 rings (SSSR count). The number of alkyl halides is 3. The van der Waals surface area contributed by atoms with E-state index in [1.165, 1.54) is 23.9 Å². The minimum Gasteiger partial charge on any atom is -0.348 e. The Kier molecular flexibility index (Phi) is 6.79. The van der Waals surface area contributed by atoms with Gasteiger partial charge in [-0.05, 0) is 76.3 Å². The maximum atomic E-state index is 13.5. The van der Waals surface area contributed by atoms with E-state index in [9.17, 15) is 22.8 Å². The van der Waals surface area contributed by atoms with Crippen molar-refractivity contribution >= 4 is 56.1 Å². The van der Waals surface area contributed by atoms with Gasteiger partial charge in [0, 0.05) is 21.0 Å². The Labute approximate surface area is 199 Å². The van der Waals surface area contributed by atoms with Crippen LogP contribution in [0.15, 0.2) is 55.6 Å². The highest BCUT2D eigenvalue weighted by molar-refractivity contribution is 9.10. The van der Waals surface area contributed by atoms with Gasteiger partial charge in [0.15, 0.2) is 5.78 Å². The molecule has 1 heterocycles. The predicted molar refractivity (Wildman–Crippen MR) is 127 cm³/mol. The van der Waals surface area contributed by atoms with E-state index in [2.05, 4.69) is 20.9 Å². The van der Waals surface area contributed by atoms with E-state index in [0.717, 1.165) is 28.4 Å². The van der Waals surface area contributed by atoms with Gasteiger partial charge in [-0.15, -0.1) is 11.8 Å². The van der Waals surface area contributed by atoms with Gasteiger partial charge in [-0.25, -0.2) is 0 Å². The standard InChI is InChI=1S/C23H19BrF3NO2S2/c1-2-13-7-10-16(24)19-17(13)21(30)18(20(29)14-5-6-14)22(28-19)31-11-12-3-8-15(9-4-12)32-23(25,26)27/h3-4,7-10,14H,2,5-6,11H2,1H3,(H,28,30). The monoisotopic (exact) mass is 541 g/mol.